The first-order valence-corrected chi connectivity index (χ1v) is 5.15. The summed E-state index contributed by atoms with van der Waals surface area (Å²) in [5.74, 6) is 1.95. The van der Waals surface area contributed by atoms with E-state index >= 15 is 0 Å². The summed E-state index contributed by atoms with van der Waals surface area (Å²) in [4.78, 5) is 0. The summed E-state index contributed by atoms with van der Waals surface area (Å²) in [5.41, 5.74) is 2.46. The van der Waals surface area contributed by atoms with Crippen LogP contribution in [0.15, 0.2) is 12.1 Å². The number of ether oxygens (including phenoxy) is 1. The van der Waals surface area contributed by atoms with Crippen molar-refractivity contribution in [1.29, 1.82) is 0 Å². The highest BCUT2D eigenvalue weighted by Crippen LogP contribution is 2.26. The number of benzene rings is 1. The Morgan fingerprint density at radius 2 is 1.43 bits per heavy atom. The molecule has 0 N–H and O–H groups in total. The van der Waals surface area contributed by atoms with Gasteiger partial charge in [0.1, 0.15) is 5.75 Å². The van der Waals surface area contributed by atoms with Crippen LogP contribution in [0.1, 0.15) is 50.7 Å². The lowest BCUT2D eigenvalue weighted by Gasteiger charge is -2.12. The van der Waals surface area contributed by atoms with Crippen LogP contribution in [0.25, 0.3) is 0 Å². The topological polar surface area (TPSA) is 9.23 Å². The summed E-state index contributed by atoms with van der Waals surface area (Å²) in [5, 5.41) is 0. The first-order chi connectivity index (χ1) is 6.54. The van der Waals surface area contributed by atoms with Gasteiger partial charge in [-0.05, 0) is 41.2 Å². The van der Waals surface area contributed by atoms with Crippen molar-refractivity contribution >= 4 is 0 Å². The molecule has 0 aliphatic rings. The predicted molar refractivity (Wildman–Crippen MR) is 60.0 cm³/mol. The molecule has 0 amide bonds. The summed E-state index contributed by atoms with van der Waals surface area (Å²) >= 11 is 0. The lowest BCUT2D eigenvalue weighted by Crippen LogP contribution is -1.96. The van der Waals surface area contributed by atoms with Crippen LogP contribution in [0.4, 0.5) is 0 Å². The van der Waals surface area contributed by atoms with Gasteiger partial charge in [-0.1, -0.05) is 27.7 Å². The van der Waals surface area contributed by atoms with Crippen LogP contribution in [0, 0.1) is 6.07 Å². The van der Waals surface area contributed by atoms with Gasteiger partial charge >= 0.3 is 0 Å². The minimum Gasteiger partial charge on any atom is -0.497 e. The van der Waals surface area contributed by atoms with Crippen LogP contribution < -0.4 is 4.74 Å². The Bertz CT molecular complexity index is 274. The molecule has 1 radical (unpaired) electrons. The zero-order valence-electron chi connectivity index (χ0n) is 9.72. The monoisotopic (exact) mass is 191 g/mol. The molecule has 1 rings (SSSR count). The fourth-order valence-corrected chi connectivity index (χ4v) is 1.33. The average molecular weight is 191 g/mol. The third-order valence-electron chi connectivity index (χ3n) is 2.36. The molecule has 0 atom stereocenters. The van der Waals surface area contributed by atoms with E-state index in [1.807, 2.05) is 0 Å². The molecule has 77 valence electrons. The SMILES string of the molecule is COc1cc(C(C)C)[c]c(C(C)C)c1. The number of hydrogen-bond donors (Lipinski definition) is 0. The van der Waals surface area contributed by atoms with Crippen molar-refractivity contribution in [3.63, 3.8) is 0 Å². The Labute approximate surface area is 87.1 Å². The van der Waals surface area contributed by atoms with Crippen LogP contribution in [0.3, 0.4) is 0 Å². The van der Waals surface area contributed by atoms with Crippen LogP contribution in [-0.4, -0.2) is 7.11 Å². The summed E-state index contributed by atoms with van der Waals surface area (Å²) in [7, 11) is 1.71. The predicted octanol–water partition coefficient (Wildman–Crippen LogP) is 3.74. The Morgan fingerprint density at radius 1 is 1.00 bits per heavy atom. The molecule has 0 aliphatic heterocycles. The average Bonchev–Trinajstić information content (AvgIpc) is 2.16. The van der Waals surface area contributed by atoms with Crippen molar-refractivity contribution in [3.8, 4) is 5.75 Å². The number of methoxy groups -OCH3 is 1. The van der Waals surface area contributed by atoms with E-state index in [4.69, 9.17) is 4.74 Å². The molecule has 0 aliphatic carbocycles. The zero-order chi connectivity index (χ0) is 10.7. The summed E-state index contributed by atoms with van der Waals surface area (Å²) in [6.45, 7) is 8.70. The van der Waals surface area contributed by atoms with Crippen molar-refractivity contribution in [2.45, 2.75) is 39.5 Å². The van der Waals surface area contributed by atoms with Gasteiger partial charge in [-0.15, -0.1) is 0 Å². The van der Waals surface area contributed by atoms with Crippen molar-refractivity contribution < 1.29 is 4.74 Å². The maximum absolute atomic E-state index is 5.28. The minimum atomic E-state index is 0.502. The third-order valence-corrected chi connectivity index (χ3v) is 2.36. The molecule has 1 nitrogen and oxygen atoms in total. The third kappa shape index (κ3) is 2.50. The van der Waals surface area contributed by atoms with Gasteiger partial charge in [-0.2, -0.15) is 0 Å². The molecule has 0 aromatic heterocycles. The molecule has 0 saturated heterocycles. The second kappa shape index (κ2) is 4.50. The number of rotatable bonds is 3. The lowest BCUT2D eigenvalue weighted by atomic mass is 9.95. The van der Waals surface area contributed by atoms with Gasteiger partial charge in [0.2, 0.25) is 0 Å². The molecular weight excluding hydrogens is 172 g/mol. The second-order valence-corrected chi connectivity index (χ2v) is 4.24. The first kappa shape index (κ1) is 11.1. The van der Waals surface area contributed by atoms with Crippen LogP contribution >= 0.6 is 0 Å². The summed E-state index contributed by atoms with van der Waals surface area (Å²) < 4.78 is 5.28. The molecule has 14 heavy (non-hydrogen) atoms. The fraction of sp³-hybridized carbons (Fsp3) is 0.538. The Kier molecular flexibility index (Phi) is 3.56. The normalized spacial score (nSPS) is 11.1. The van der Waals surface area contributed by atoms with Crippen LogP contribution in [-0.2, 0) is 0 Å². The van der Waals surface area contributed by atoms with Gasteiger partial charge < -0.3 is 4.74 Å². The van der Waals surface area contributed by atoms with E-state index in [9.17, 15) is 0 Å². The number of hydrogen-bond acceptors (Lipinski definition) is 1. The molecule has 1 heteroatoms. The molecule has 0 fully saturated rings. The summed E-state index contributed by atoms with van der Waals surface area (Å²) in [6.07, 6.45) is 0. The smallest absolute Gasteiger partial charge is 0.119 e. The van der Waals surface area contributed by atoms with E-state index in [1.54, 1.807) is 7.11 Å². The second-order valence-electron chi connectivity index (χ2n) is 4.24. The van der Waals surface area contributed by atoms with Gasteiger partial charge in [-0.3, -0.25) is 0 Å². The van der Waals surface area contributed by atoms with Crippen molar-refractivity contribution in [2.75, 3.05) is 7.11 Å². The maximum Gasteiger partial charge on any atom is 0.119 e. The molecule has 0 unspecified atom stereocenters. The van der Waals surface area contributed by atoms with Crippen LogP contribution in [0.2, 0.25) is 0 Å². The minimum absolute atomic E-state index is 0.502. The van der Waals surface area contributed by atoms with Gasteiger partial charge in [0.15, 0.2) is 0 Å². The van der Waals surface area contributed by atoms with Crippen molar-refractivity contribution in [3.05, 3.63) is 29.3 Å². The Morgan fingerprint density at radius 3 is 1.71 bits per heavy atom. The van der Waals surface area contributed by atoms with Gasteiger partial charge in [0, 0.05) is 0 Å². The maximum atomic E-state index is 5.28. The molecule has 1 aromatic carbocycles. The van der Waals surface area contributed by atoms with E-state index < -0.39 is 0 Å². The zero-order valence-corrected chi connectivity index (χ0v) is 9.72. The van der Waals surface area contributed by atoms with Gasteiger partial charge in [0.05, 0.1) is 7.11 Å². The largest absolute Gasteiger partial charge is 0.497 e. The lowest BCUT2D eigenvalue weighted by molar-refractivity contribution is 0.413. The highest BCUT2D eigenvalue weighted by atomic mass is 16.5. The molecular formula is C13H19O. The van der Waals surface area contributed by atoms with E-state index in [0.717, 1.165) is 5.75 Å². The Balaban J connectivity index is 3.13. The first-order valence-electron chi connectivity index (χ1n) is 5.15. The standard InChI is InChI=1S/C13H19O/c1-9(2)11-6-12(10(3)4)8-13(7-11)14-5/h7-10H,1-5H3. The summed E-state index contributed by atoms with van der Waals surface area (Å²) in [6, 6.07) is 7.57. The Hall–Kier alpha value is -0.980. The van der Waals surface area contributed by atoms with Crippen molar-refractivity contribution in [2.24, 2.45) is 0 Å². The molecule has 0 saturated carbocycles. The highest BCUT2D eigenvalue weighted by Gasteiger charge is 2.07. The van der Waals surface area contributed by atoms with Gasteiger partial charge in [0.25, 0.3) is 0 Å². The van der Waals surface area contributed by atoms with Gasteiger partial charge in [-0.25, -0.2) is 0 Å². The van der Waals surface area contributed by atoms with E-state index in [0.29, 0.717) is 11.8 Å². The van der Waals surface area contributed by atoms with E-state index in [-0.39, 0.29) is 0 Å². The molecule has 0 heterocycles. The molecule has 0 bridgehead atoms. The molecule has 0 spiro atoms. The molecule has 1 aromatic rings. The van der Waals surface area contributed by atoms with E-state index in [2.05, 4.69) is 45.9 Å². The van der Waals surface area contributed by atoms with Crippen LogP contribution in [0.5, 0.6) is 5.75 Å². The van der Waals surface area contributed by atoms with E-state index in [1.165, 1.54) is 11.1 Å². The fourth-order valence-electron chi connectivity index (χ4n) is 1.33. The quantitative estimate of drug-likeness (QED) is 0.707. The highest BCUT2D eigenvalue weighted by molar-refractivity contribution is 5.36. The van der Waals surface area contributed by atoms with Crippen molar-refractivity contribution in [1.82, 2.24) is 0 Å².